The Balaban J connectivity index is 4.34. The molecule has 0 saturated heterocycles. The van der Waals surface area contributed by atoms with Crippen LogP contribution in [0.2, 0.25) is 0 Å². The quantitative estimate of drug-likeness (QED) is 0.601. The van der Waals surface area contributed by atoms with Crippen molar-refractivity contribution in [2.75, 3.05) is 28.2 Å². The number of rotatable bonds is 2. The van der Waals surface area contributed by atoms with Crippen LogP contribution in [0, 0.1) is 0 Å². The fourth-order valence-corrected chi connectivity index (χ4v) is 0.553. The molecule has 3 nitrogen and oxygen atoms in total. The zero-order valence-electron chi connectivity index (χ0n) is 7.47. The van der Waals surface area contributed by atoms with E-state index < -0.39 is 0 Å². The van der Waals surface area contributed by atoms with Crippen LogP contribution in [0.3, 0.4) is 0 Å². The molecule has 0 saturated carbocycles. The van der Waals surface area contributed by atoms with Gasteiger partial charge in [0, 0.05) is 28.2 Å². The van der Waals surface area contributed by atoms with Gasteiger partial charge in [0.15, 0.2) is 0 Å². The second-order valence-electron chi connectivity index (χ2n) is 2.76. The molecule has 0 bridgehead atoms. The molecule has 60 valence electrons. The zero-order valence-corrected chi connectivity index (χ0v) is 7.47. The molecule has 10 heavy (non-hydrogen) atoms. The van der Waals surface area contributed by atoms with Gasteiger partial charge in [-0.3, -0.25) is 0 Å². The van der Waals surface area contributed by atoms with Crippen LogP contribution in [0.5, 0.6) is 0 Å². The monoisotopic (exact) mass is 143 g/mol. The lowest BCUT2D eigenvalue weighted by atomic mass is 10.4. The molecule has 0 radical (unpaired) electrons. The largest absolute Gasteiger partial charge is 0.384 e. The van der Waals surface area contributed by atoms with Gasteiger partial charge in [-0.25, -0.2) is 0 Å². The molecule has 2 N–H and O–H groups in total. The van der Waals surface area contributed by atoms with Gasteiger partial charge in [0.1, 0.15) is 5.82 Å². The molecule has 0 fully saturated rings. The first-order chi connectivity index (χ1) is 4.46. The molecule has 0 aliphatic heterocycles. The lowest BCUT2D eigenvalue weighted by molar-refractivity contribution is 0.437. The molecule has 0 amide bonds. The molecule has 0 heterocycles. The van der Waals surface area contributed by atoms with E-state index >= 15 is 0 Å². The van der Waals surface area contributed by atoms with Crippen LogP contribution in [-0.4, -0.2) is 38.0 Å². The summed E-state index contributed by atoms with van der Waals surface area (Å²) in [6.07, 6.45) is 0. The van der Waals surface area contributed by atoms with Crippen LogP contribution in [0.25, 0.3) is 0 Å². The van der Waals surface area contributed by atoms with E-state index in [1.54, 1.807) is 0 Å². The van der Waals surface area contributed by atoms with E-state index in [1.807, 2.05) is 44.9 Å². The highest BCUT2D eigenvalue weighted by Crippen LogP contribution is 2.01. The summed E-state index contributed by atoms with van der Waals surface area (Å²) in [5.41, 5.74) is 6.81. The lowest BCUT2D eigenvalue weighted by Crippen LogP contribution is -2.25. The van der Waals surface area contributed by atoms with Gasteiger partial charge in [-0.05, 0) is 6.92 Å². The number of hydrogen-bond donors (Lipinski definition) is 1. The molecule has 0 aromatic carbocycles. The van der Waals surface area contributed by atoms with E-state index in [-0.39, 0.29) is 0 Å². The molecule has 0 unspecified atom stereocenters. The van der Waals surface area contributed by atoms with E-state index in [9.17, 15) is 0 Å². The predicted molar refractivity (Wildman–Crippen MR) is 44.3 cm³/mol. The molecular formula is C7H17N3. The van der Waals surface area contributed by atoms with Crippen LogP contribution < -0.4 is 5.73 Å². The summed E-state index contributed by atoms with van der Waals surface area (Å²) in [5, 5.41) is 0. The van der Waals surface area contributed by atoms with Gasteiger partial charge in [-0.1, -0.05) is 0 Å². The average Bonchev–Trinajstić information content (AvgIpc) is 1.84. The van der Waals surface area contributed by atoms with Crippen molar-refractivity contribution in [2.45, 2.75) is 6.92 Å². The van der Waals surface area contributed by atoms with E-state index in [4.69, 9.17) is 5.73 Å². The zero-order chi connectivity index (χ0) is 8.31. The molecule has 0 aromatic heterocycles. The van der Waals surface area contributed by atoms with E-state index in [0.717, 1.165) is 11.5 Å². The minimum absolute atomic E-state index is 0.810. The standard InChI is InChI=1S/C7H17N3/c1-6(9(2)3)7(8)10(4)5/h8H2,1-5H3. The van der Waals surface area contributed by atoms with Crippen LogP contribution in [0.15, 0.2) is 11.5 Å². The van der Waals surface area contributed by atoms with Crippen LogP contribution in [0.4, 0.5) is 0 Å². The molecule has 0 atom stereocenters. The summed E-state index contributed by atoms with van der Waals surface area (Å²) < 4.78 is 0. The van der Waals surface area contributed by atoms with E-state index in [0.29, 0.717) is 0 Å². The van der Waals surface area contributed by atoms with Crippen molar-refractivity contribution in [3.63, 3.8) is 0 Å². The number of allylic oxidation sites excluding steroid dienone is 1. The van der Waals surface area contributed by atoms with Crippen molar-refractivity contribution in [1.82, 2.24) is 9.80 Å². The Morgan fingerprint density at radius 2 is 1.40 bits per heavy atom. The third kappa shape index (κ3) is 2.17. The predicted octanol–water partition coefficient (Wildman–Crippen LogP) is 0.257. The minimum Gasteiger partial charge on any atom is -0.384 e. The Labute approximate surface area is 63.1 Å². The lowest BCUT2D eigenvalue weighted by Gasteiger charge is -2.20. The number of hydrogen-bond acceptors (Lipinski definition) is 3. The van der Waals surface area contributed by atoms with E-state index in [1.165, 1.54) is 0 Å². The summed E-state index contributed by atoms with van der Waals surface area (Å²) in [7, 11) is 7.82. The molecule has 0 aliphatic carbocycles. The minimum atomic E-state index is 0.810. The SMILES string of the molecule is CC(=C(N)N(C)C)N(C)C. The maximum Gasteiger partial charge on any atom is 0.118 e. The second-order valence-corrected chi connectivity index (χ2v) is 2.76. The van der Waals surface area contributed by atoms with Gasteiger partial charge < -0.3 is 15.5 Å². The van der Waals surface area contributed by atoms with Gasteiger partial charge in [0.05, 0.1) is 5.70 Å². The summed E-state index contributed by atoms with van der Waals surface area (Å²) in [4.78, 5) is 3.89. The first-order valence-corrected chi connectivity index (χ1v) is 3.27. The Kier molecular flexibility index (Phi) is 3.06. The second kappa shape index (κ2) is 3.34. The first-order valence-electron chi connectivity index (χ1n) is 3.27. The molecule has 0 rings (SSSR count). The topological polar surface area (TPSA) is 32.5 Å². The van der Waals surface area contributed by atoms with Crippen molar-refractivity contribution < 1.29 is 0 Å². The van der Waals surface area contributed by atoms with Crippen LogP contribution in [-0.2, 0) is 0 Å². The van der Waals surface area contributed by atoms with Crippen molar-refractivity contribution in [2.24, 2.45) is 5.73 Å². The third-order valence-electron chi connectivity index (χ3n) is 1.52. The smallest absolute Gasteiger partial charge is 0.118 e. The normalized spacial score (nSPS) is 12.5. The van der Waals surface area contributed by atoms with Gasteiger partial charge >= 0.3 is 0 Å². The molecule has 0 aromatic rings. The maximum atomic E-state index is 5.72. The van der Waals surface area contributed by atoms with Crippen LogP contribution >= 0.6 is 0 Å². The van der Waals surface area contributed by atoms with E-state index in [2.05, 4.69) is 0 Å². The highest BCUT2D eigenvalue weighted by molar-refractivity contribution is 5.03. The van der Waals surface area contributed by atoms with Crippen LogP contribution in [0.1, 0.15) is 6.92 Å². The highest BCUT2D eigenvalue weighted by atomic mass is 15.2. The van der Waals surface area contributed by atoms with Crippen molar-refractivity contribution >= 4 is 0 Å². The van der Waals surface area contributed by atoms with Crippen molar-refractivity contribution in [3.05, 3.63) is 11.5 Å². The number of nitrogens with two attached hydrogens (primary N) is 1. The van der Waals surface area contributed by atoms with Gasteiger partial charge in [0.25, 0.3) is 0 Å². The number of nitrogens with zero attached hydrogens (tertiary/aromatic N) is 2. The summed E-state index contributed by atoms with van der Waals surface area (Å²) >= 11 is 0. The highest BCUT2D eigenvalue weighted by Gasteiger charge is 2.00. The molecular weight excluding hydrogens is 126 g/mol. The summed E-state index contributed by atoms with van der Waals surface area (Å²) in [6, 6.07) is 0. The summed E-state index contributed by atoms with van der Waals surface area (Å²) in [5.74, 6) is 0.810. The fraction of sp³-hybridized carbons (Fsp3) is 0.714. The molecule has 3 heteroatoms. The van der Waals surface area contributed by atoms with Crippen molar-refractivity contribution in [3.8, 4) is 0 Å². The first kappa shape index (κ1) is 9.14. The fourth-order valence-electron chi connectivity index (χ4n) is 0.553. The Bertz CT molecular complexity index is 120. The van der Waals surface area contributed by atoms with Gasteiger partial charge in [-0.15, -0.1) is 0 Å². The Hall–Kier alpha value is -0.860. The molecule has 0 spiro atoms. The average molecular weight is 143 g/mol. The Morgan fingerprint density at radius 3 is 1.50 bits per heavy atom. The van der Waals surface area contributed by atoms with Gasteiger partial charge in [0.2, 0.25) is 0 Å². The third-order valence-corrected chi connectivity index (χ3v) is 1.52. The molecule has 0 aliphatic rings. The summed E-state index contributed by atoms with van der Waals surface area (Å²) in [6.45, 7) is 2.00. The maximum absolute atomic E-state index is 5.72. The van der Waals surface area contributed by atoms with Crippen molar-refractivity contribution in [1.29, 1.82) is 0 Å². The van der Waals surface area contributed by atoms with Gasteiger partial charge in [-0.2, -0.15) is 0 Å². The Morgan fingerprint density at radius 1 is 1.00 bits per heavy atom.